The maximum atomic E-state index is 5.72. The number of hydrogen-bond donors (Lipinski definition) is 1. The lowest BCUT2D eigenvalue weighted by molar-refractivity contribution is 0.762. The molecule has 0 spiro atoms. The number of alkyl halides is 1. The summed E-state index contributed by atoms with van der Waals surface area (Å²) in [5, 5.41) is 3.35. The van der Waals surface area contributed by atoms with Gasteiger partial charge in [-0.2, -0.15) is 0 Å². The quantitative estimate of drug-likeness (QED) is 0.845. The van der Waals surface area contributed by atoms with Gasteiger partial charge in [-0.15, -0.1) is 11.6 Å². The lowest BCUT2D eigenvalue weighted by Crippen LogP contribution is -2.17. The minimum atomic E-state index is 0.307. The van der Waals surface area contributed by atoms with E-state index in [4.69, 9.17) is 11.6 Å². The molecule has 1 heterocycles. The number of fused-ring (bicyclic) bond motifs is 1. The van der Waals surface area contributed by atoms with Gasteiger partial charge in [0.05, 0.1) is 16.7 Å². The van der Waals surface area contributed by atoms with E-state index in [0.29, 0.717) is 11.9 Å². The first-order valence-electron chi connectivity index (χ1n) is 5.76. The molecular weight excluding hydrogens is 234 g/mol. The Balaban J connectivity index is 2.31. The molecular formula is C13H16ClN3. The zero-order chi connectivity index (χ0) is 12.3. The number of aryl methyl sites for hydroxylation is 1. The molecule has 0 aliphatic heterocycles. The Morgan fingerprint density at radius 2 is 1.88 bits per heavy atom. The SMILES string of the molecule is Cc1nc2ccccc2nc1NC(C)CCCl. The van der Waals surface area contributed by atoms with Crippen molar-refractivity contribution in [1.29, 1.82) is 0 Å². The molecule has 0 saturated carbocycles. The van der Waals surface area contributed by atoms with Crippen molar-refractivity contribution in [2.24, 2.45) is 0 Å². The summed E-state index contributed by atoms with van der Waals surface area (Å²) in [5.41, 5.74) is 2.77. The van der Waals surface area contributed by atoms with Crippen LogP contribution in [-0.4, -0.2) is 21.9 Å². The van der Waals surface area contributed by atoms with Gasteiger partial charge in [0.25, 0.3) is 0 Å². The molecule has 0 fully saturated rings. The Morgan fingerprint density at radius 3 is 2.53 bits per heavy atom. The van der Waals surface area contributed by atoms with Gasteiger partial charge in [0.1, 0.15) is 5.82 Å². The van der Waals surface area contributed by atoms with Crippen LogP contribution in [0.4, 0.5) is 5.82 Å². The summed E-state index contributed by atoms with van der Waals surface area (Å²) in [6, 6.07) is 8.19. The average Bonchev–Trinajstić information content (AvgIpc) is 2.30. The van der Waals surface area contributed by atoms with E-state index < -0.39 is 0 Å². The Hall–Kier alpha value is -1.35. The van der Waals surface area contributed by atoms with Crippen molar-refractivity contribution in [3.8, 4) is 0 Å². The second-order valence-electron chi connectivity index (χ2n) is 4.17. The Bertz CT molecular complexity index is 513. The summed E-state index contributed by atoms with van der Waals surface area (Å²) in [4.78, 5) is 9.11. The normalized spacial score (nSPS) is 12.6. The Morgan fingerprint density at radius 1 is 1.24 bits per heavy atom. The van der Waals surface area contributed by atoms with Crippen LogP contribution in [0.5, 0.6) is 0 Å². The summed E-state index contributed by atoms with van der Waals surface area (Å²) in [5.74, 6) is 1.50. The highest BCUT2D eigenvalue weighted by Gasteiger charge is 2.07. The van der Waals surface area contributed by atoms with E-state index in [9.17, 15) is 0 Å². The molecule has 4 heteroatoms. The molecule has 2 rings (SSSR count). The number of anilines is 1. The summed E-state index contributed by atoms with van der Waals surface area (Å²) >= 11 is 5.72. The maximum absolute atomic E-state index is 5.72. The molecule has 17 heavy (non-hydrogen) atoms. The van der Waals surface area contributed by atoms with E-state index in [0.717, 1.165) is 29.0 Å². The van der Waals surface area contributed by atoms with Crippen LogP contribution in [0.15, 0.2) is 24.3 Å². The highest BCUT2D eigenvalue weighted by Crippen LogP contribution is 2.17. The van der Waals surface area contributed by atoms with Gasteiger partial charge in [-0.05, 0) is 32.4 Å². The average molecular weight is 250 g/mol. The van der Waals surface area contributed by atoms with Gasteiger partial charge >= 0.3 is 0 Å². The fourth-order valence-corrected chi connectivity index (χ4v) is 2.02. The molecule has 0 amide bonds. The van der Waals surface area contributed by atoms with Gasteiger partial charge < -0.3 is 5.32 Å². The van der Waals surface area contributed by atoms with Crippen molar-refractivity contribution in [3.05, 3.63) is 30.0 Å². The van der Waals surface area contributed by atoms with Gasteiger partial charge in [0.2, 0.25) is 0 Å². The number of nitrogens with one attached hydrogen (secondary N) is 1. The first-order chi connectivity index (χ1) is 8.20. The van der Waals surface area contributed by atoms with Crippen LogP contribution in [0, 0.1) is 6.92 Å². The van der Waals surface area contributed by atoms with Crippen LogP contribution in [0.1, 0.15) is 19.0 Å². The monoisotopic (exact) mass is 249 g/mol. The zero-order valence-corrected chi connectivity index (χ0v) is 10.8. The number of benzene rings is 1. The van der Waals surface area contributed by atoms with Gasteiger partial charge in [-0.25, -0.2) is 9.97 Å². The highest BCUT2D eigenvalue weighted by atomic mass is 35.5. The lowest BCUT2D eigenvalue weighted by Gasteiger charge is -2.14. The van der Waals surface area contributed by atoms with Crippen LogP contribution in [0.3, 0.4) is 0 Å². The number of para-hydroxylation sites is 2. The van der Waals surface area contributed by atoms with E-state index in [-0.39, 0.29) is 0 Å². The van der Waals surface area contributed by atoms with E-state index in [1.807, 2.05) is 31.2 Å². The first-order valence-corrected chi connectivity index (χ1v) is 6.30. The second-order valence-corrected chi connectivity index (χ2v) is 4.55. The Labute approximate surface area is 106 Å². The van der Waals surface area contributed by atoms with Gasteiger partial charge in [-0.3, -0.25) is 0 Å². The summed E-state index contributed by atoms with van der Waals surface area (Å²) < 4.78 is 0. The number of rotatable bonds is 4. The van der Waals surface area contributed by atoms with Gasteiger partial charge in [-0.1, -0.05) is 12.1 Å². The zero-order valence-electron chi connectivity index (χ0n) is 10.1. The maximum Gasteiger partial charge on any atom is 0.148 e. The number of halogens is 1. The van der Waals surface area contributed by atoms with E-state index in [2.05, 4.69) is 22.2 Å². The summed E-state index contributed by atoms with van der Waals surface area (Å²) in [7, 11) is 0. The molecule has 1 atom stereocenters. The number of hydrogen-bond acceptors (Lipinski definition) is 3. The Kier molecular flexibility index (Phi) is 3.79. The van der Waals surface area contributed by atoms with Crippen LogP contribution >= 0.6 is 11.6 Å². The molecule has 1 aromatic carbocycles. The minimum Gasteiger partial charge on any atom is -0.366 e. The molecule has 2 aromatic rings. The third kappa shape index (κ3) is 2.86. The fraction of sp³-hybridized carbons (Fsp3) is 0.385. The number of aromatic nitrogens is 2. The summed E-state index contributed by atoms with van der Waals surface area (Å²) in [6.07, 6.45) is 0.912. The van der Waals surface area contributed by atoms with Crippen LogP contribution < -0.4 is 5.32 Å². The largest absolute Gasteiger partial charge is 0.366 e. The molecule has 0 radical (unpaired) electrons. The van der Waals surface area contributed by atoms with Gasteiger partial charge in [0, 0.05) is 11.9 Å². The first kappa shape index (κ1) is 12.1. The second kappa shape index (κ2) is 5.32. The lowest BCUT2D eigenvalue weighted by atomic mass is 10.2. The van der Waals surface area contributed by atoms with E-state index in [1.54, 1.807) is 0 Å². The molecule has 3 nitrogen and oxygen atoms in total. The van der Waals surface area contributed by atoms with Crippen LogP contribution in [0.25, 0.3) is 11.0 Å². The third-order valence-electron chi connectivity index (χ3n) is 2.67. The topological polar surface area (TPSA) is 37.8 Å². The predicted octanol–water partition coefficient (Wildman–Crippen LogP) is 3.37. The molecule has 1 N–H and O–H groups in total. The minimum absolute atomic E-state index is 0.307. The van der Waals surface area contributed by atoms with Crippen molar-refractivity contribution in [1.82, 2.24) is 9.97 Å². The highest BCUT2D eigenvalue weighted by molar-refractivity contribution is 6.17. The molecule has 0 aliphatic rings. The van der Waals surface area contributed by atoms with Crippen molar-refractivity contribution in [3.63, 3.8) is 0 Å². The van der Waals surface area contributed by atoms with Crippen LogP contribution in [-0.2, 0) is 0 Å². The van der Waals surface area contributed by atoms with Crippen molar-refractivity contribution < 1.29 is 0 Å². The van der Waals surface area contributed by atoms with Crippen molar-refractivity contribution >= 4 is 28.5 Å². The fourth-order valence-electron chi connectivity index (χ4n) is 1.69. The van der Waals surface area contributed by atoms with Crippen molar-refractivity contribution in [2.45, 2.75) is 26.3 Å². The smallest absolute Gasteiger partial charge is 0.148 e. The number of nitrogens with zero attached hydrogens (tertiary/aromatic N) is 2. The van der Waals surface area contributed by atoms with Crippen LogP contribution in [0.2, 0.25) is 0 Å². The third-order valence-corrected chi connectivity index (χ3v) is 2.89. The molecule has 0 bridgehead atoms. The summed E-state index contributed by atoms with van der Waals surface area (Å²) in [6.45, 7) is 4.06. The van der Waals surface area contributed by atoms with E-state index >= 15 is 0 Å². The molecule has 1 aromatic heterocycles. The van der Waals surface area contributed by atoms with Gasteiger partial charge in [0.15, 0.2) is 0 Å². The molecule has 90 valence electrons. The standard InChI is InChI=1S/C13H16ClN3/c1-9(7-8-14)15-13-10(2)16-11-5-3-4-6-12(11)17-13/h3-6,9H,7-8H2,1-2H3,(H,15,17). The van der Waals surface area contributed by atoms with Crippen molar-refractivity contribution in [2.75, 3.05) is 11.2 Å². The molecule has 0 saturated heterocycles. The van der Waals surface area contributed by atoms with E-state index in [1.165, 1.54) is 0 Å². The predicted molar refractivity (Wildman–Crippen MR) is 72.7 cm³/mol. The molecule has 0 aliphatic carbocycles. The molecule has 1 unspecified atom stereocenters.